The largest absolute Gasteiger partial charge is 0.294 e. The summed E-state index contributed by atoms with van der Waals surface area (Å²) < 4.78 is 1.74. The Labute approximate surface area is 126 Å². The van der Waals surface area contributed by atoms with Crippen LogP contribution < -0.4 is 0 Å². The molecule has 108 valence electrons. The number of nitrogens with zero attached hydrogens (tertiary/aromatic N) is 1. The number of aromatic nitrogens is 1. The van der Waals surface area contributed by atoms with Crippen molar-refractivity contribution >= 4 is 18.1 Å². The first-order valence-electron chi connectivity index (χ1n) is 7.75. The first-order chi connectivity index (χ1) is 10.3. The summed E-state index contributed by atoms with van der Waals surface area (Å²) in [5, 5.41) is 0. The second-order valence-corrected chi connectivity index (χ2v) is 5.84. The lowest BCUT2D eigenvalue weighted by atomic mass is 10.0. The van der Waals surface area contributed by atoms with E-state index in [2.05, 4.69) is 24.3 Å². The number of hydrogen-bond donors (Lipinski definition) is 0. The summed E-state index contributed by atoms with van der Waals surface area (Å²) in [5.41, 5.74) is 2.24. The molecule has 1 aliphatic carbocycles. The van der Waals surface area contributed by atoms with Gasteiger partial charge in [-0.25, -0.2) is 0 Å². The third kappa shape index (κ3) is 3.72. The Morgan fingerprint density at radius 2 is 1.76 bits per heavy atom. The van der Waals surface area contributed by atoms with Gasteiger partial charge in [0.1, 0.15) is 0 Å². The van der Waals surface area contributed by atoms with Gasteiger partial charge in [0.15, 0.2) is 0 Å². The fourth-order valence-electron chi connectivity index (χ4n) is 2.99. The first-order valence-corrected chi connectivity index (χ1v) is 7.75. The van der Waals surface area contributed by atoms with E-state index in [0.717, 1.165) is 5.56 Å². The van der Waals surface area contributed by atoms with E-state index in [1.807, 2.05) is 36.7 Å². The Balaban J connectivity index is 1.63. The van der Waals surface area contributed by atoms with Gasteiger partial charge in [-0.1, -0.05) is 55.3 Å². The average molecular weight is 279 g/mol. The molecule has 1 saturated carbocycles. The molecule has 0 atom stereocenters. The van der Waals surface area contributed by atoms with Gasteiger partial charge < -0.3 is 0 Å². The van der Waals surface area contributed by atoms with E-state index in [4.69, 9.17) is 0 Å². The fraction of sp³-hybridized carbons (Fsp3) is 0.316. The summed E-state index contributed by atoms with van der Waals surface area (Å²) in [7, 11) is 0. The molecule has 0 aliphatic heterocycles. The number of rotatable bonds is 4. The van der Waals surface area contributed by atoms with Gasteiger partial charge in [-0.2, -0.15) is 0 Å². The number of hydrogen-bond acceptors (Lipinski definition) is 1. The van der Waals surface area contributed by atoms with E-state index in [1.165, 1.54) is 31.2 Å². The molecule has 2 aromatic rings. The SMILES string of the molecule is O=C(CC1CCCC1)n1ccc(C=Cc2ccccc2)c1. The van der Waals surface area contributed by atoms with Crippen molar-refractivity contribution in [1.82, 2.24) is 4.57 Å². The van der Waals surface area contributed by atoms with Crippen LogP contribution in [0.3, 0.4) is 0 Å². The Hall–Kier alpha value is -2.09. The molecule has 0 unspecified atom stereocenters. The molecule has 21 heavy (non-hydrogen) atoms. The van der Waals surface area contributed by atoms with Crippen LogP contribution in [0, 0.1) is 5.92 Å². The van der Waals surface area contributed by atoms with Crippen LogP contribution in [0.2, 0.25) is 0 Å². The molecule has 3 rings (SSSR count). The second kappa shape index (κ2) is 6.57. The van der Waals surface area contributed by atoms with Gasteiger partial charge in [-0.15, -0.1) is 0 Å². The smallest absolute Gasteiger partial charge is 0.230 e. The third-order valence-electron chi connectivity index (χ3n) is 4.21. The van der Waals surface area contributed by atoms with Gasteiger partial charge in [0.2, 0.25) is 5.91 Å². The van der Waals surface area contributed by atoms with Gasteiger partial charge in [-0.3, -0.25) is 9.36 Å². The Bertz CT molecular complexity index is 618. The van der Waals surface area contributed by atoms with E-state index in [9.17, 15) is 4.79 Å². The molecule has 1 aromatic heterocycles. The number of carbonyl (C=O) groups is 1. The molecule has 0 N–H and O–H groups in total. The molecule has 2 heteroatoms. The number of carbonyl (C=O) groups excluding carboxylic acids is 1. The molecule has 1 aromatic carbocycles. The second-order valence-electron chi connectivity index (χ2n) is 5.84. The predicted octanol–water partition coefficient (Wildman–Crippen LogP) is 4.88. The maximum atomic E-state index is 12.2. The molecule has 0 amide bonds. The van der Waals surface area contributed by atoms with Gasteiger partial charge in [0, 0.05) is 18.8 Å². The number of benzene rings is 1. The lowest BCUT2D eigenvalue weighted by Crippen LogP contribution is -2.12. The van der Waals surface area contributed by atoms with Crippen LogP contribution in [0.15, 0.2) is 48.8 Å². The van der Waals surface area contributed by atoms with Crippen LogP contribution in [0.1, 0.15) is 48.0 Å². The maximum absolute atomic E-state index is 12.2. The zero-order valence-corrected chi connectivity index (χ0v) is 12.2. The summed E-state index contributed by atoms with van der Waals surface area (Å²) in [5.74, 6) is 0.824. The van der Waals surface area contributed by atoms with Crippen LogP contribution >= 0.6 is 0 Å². The average Bonchev–Trinajstić information content (AvgIpc) is 3.17. The summed E-state index contributed by atoms with van der Waals surface area (Å²) in [4.78, 5) is 12.2. The molecule has 0 saturated heterocycles. The highest BCUT2D eigenvalue weighted by atomic mass is 16.1. The van der Waals surface area contributed by atoms with Crippen molar-refractivity contribution in [2.45, 2.75) is 32.1 Å². The summed E-state index contributed by atoms with van der Waals surface area (Å²) in [6.07, 6.45) is 13.6. The van der Waals surface area contributed by atoms with Crippen LogP contribution in [0.5, 0.6) is 0 Å². The molecule has 2 nitrogen and oxygen atoms in total. The predicted molar refractivity (Wildman–Crippen MR) is 87.0 cm³/mol. The Morgan fingerprint density at radius 1 is 1.05 bits per heavy atom. The highest BCUT2D eigenvalue weighted by Gasteiger charge is 2.19. The van der Waals surface area contributed by atoms with Crippen molar-refractivity contribution in [2.24, 2.45) is 5.92 Å². The van der Waals surface area contributed by atoms with Gasteiger partial charge >= 0.3 is 0 Å². The maximum Gasteiger partial charge on any atom is 0.230 e. The quantitative estimate of drug-likeness (QED) is 0.782. The Morgan fingerprint density at radius 3 is 2.52 bits per heavy atom. The normalized spacial score (nSPS) is 15.8. The summed E-state index contributed by atoms with van der Waals surface area (Å²) >= 11 is 0. The molecular weight excluding hydrogens is 258 g/mol. The Kier molecular flexibility index (Phi) is 4.34. The standard InChI is InChI=1S/C19H21NO/c21-19(14-17-8-4-5-9-17)20-13-12-18(15-20)11-10-16-6-2-1-3-7-16/h1-3,6-7,10-13,15,17H,4-5,8-9,14H2. The lowest BCUT2D eigenvalue weighted by molar-refractivity contribution is 0.0881. The molecule has 1 aliphatic rings. The van der Waals surface area contributed by atoms with Crippen molar-refractivity contribution in [3.63, 3.8) is 0 Å². The van der Waals surface area contributed by atoms with Crippen molar-refractivity contribution in [2.75, 3.05) is 0 Å². The third-order valence-corrected chi connectivity index (χ3v) is 4.21. The zero-order chi connectivity index (χ0) is 14.5. The van der Waals surface area contributed by atoms with Crippen molar-refractivity contribution in [3.8, 4) is 0 Å². The molecule has 0 bridgehead atoms. The molecule has 0 spiro atoms. The van der Waals surface area contributed by atoms with Crippen LogP contribution in [-0.4, -0.2) is 10.5 Å². The summed E-state index contributed by atoms with van der Waals surface area (Å²) in [6, 6.07) is 12.2. The highest BCUT2D eigenvalue weighted by Crippen LogP contribution is 2.28. The van der Waals surface area contributed by atoms with Crippen LogP contribution in [0.25, 0.3) is 12.2 Å². The minimum Gasteiger partial charge on any atom is -0.294 e. The zero-order valence-electron chi connectivity index (χ0n) is 12.2. The van der Waals surface area contributed by atoms with E-state index < -0.39 is 0 Å². The van der Waals surface area contributed by atoms with E-state index in [-0.39, 0.29) is 5.91 Å². The van der Waals surface area contributed by atoms with Gasteiger partial charge in [0.05, 0.1) is 0 Å². The van der Waals surface area contributed by atoms with Crippen molar-refractivity contribution in [3.05, 3.63) is 59.9 Å². The van der Waals surface area contributed by atoms with Crippen LogP contribution in [-0.2, 0) is 0 Å². The molecule has 0 radical (unpaired) electrons. The van der Waals surface area contributed by atoms with Gasteiger partial charge in [0.25, 0.3) is 0 Å². The minimum absolute atomic E-state index is 0.223. The van der Waals surface area contributed by atoms with E-state index >= 15 is 0 Å². The lowest BCUT2D eigenvalue weighted by Gasteiger charge is -2.07. The van der Waals surface area contributed by atoms with E-state index in [1.54, 1.807) is 4.57 Å². The van der Waals surface area contributed by atoms with Crippen molar-refractivity contribution < 1.29 is 4.79 Å². The topological polar surface area (TPSA) is 22.0 Å². The molecular formula is C19H21NO. The van der Waals surface area contributed by atoms with E-state index in [0.29, 0.717) is 12.3 Å². The molecule has 1 heterocycles. The summed E-state index contributed by atoms with van der Waals surface area (Å²) in [6.45, 7) is 0. The molecule has 1 fully saturated rings. The minimum atomic E-state index is 0.223. The highest BCUT2D eigenvalue weighted by molar-refractivity contribution is 5.80. The fourth-order valence-corrected chi connectivity index (χ4v) is 2.99. The van der Waals surface area contributed by atoms with Crippen molar-refractivity contribution in [1.29, 1.82) is 0 Å². The first kappa shape index (κ1) is 13.9. The van der Waals surface area contributed by atoms with Gasteiger partial charge in [-0.05, 0) is 36.0 Å². The monoisotopic (exact) mass is 279 g/mol. The van der Waals surface area contributed by atoms with Crippen LogP contribution in [0.4, 0.5) is 0 Å².